The molecule has 0 spiro atoms. The number of thioether (sulfide) groups is 1. The molecule has 1 aromatic heterocycles. The van der Waals surface area contributed by atoms with Crippen molar-refractivity contribution in [3.63, 3.8) is 0 Å². The molecule has 0 atom stereocenters. The highest BCUT2D eigenvalue weighted by atomic mass is 32.2. The Labute approximate surface area is 151 Å². The maximum Gasteiger partial charge on any atom is 0.275 e. The summed E-state index contributed by atoms with van der Waals surface area (Å²) in [5, 5.41) is 2.82. The number of hydrogen-bond donors (Lipinski definition) is 1. The number of carbonyl (C=O) groups is 2. The van der Waals surface area contributed by atoms with Crippen molar-refractivity contribution >= 4 is 29.3 Å². The van der Waals surface area contributed by atoms with Gasteiger partial charge in [-0.3, -0.25) is 14.6 Å². The number of amides is 2. The van der Waals surface area contributed by atoms with Crippen molar-refractivity contribution < 1.29 is 9.59 Å². The van der Waals surface area contributed by atoms with Crippen molar-refractivity contribution in [2.24, 2.45) is 0 Å². The molecule has 1 N–H and O–H groups in total. The molecule has 0 saturated carbocycles. The van der Waals surface area contributed by atoms with Gasteiger partial charge in [0.1, 0.15) is 5.69 Å². The van der Waals surface area contributed by atoms with E-state index in [4.69, 9.17) is 0 Å². The Morgan fingerprint density at radius 3 is 2.52 bits per heavy atom. The number of benzene rings is 1. The van der Waals surface area contributed by atoms with Gasteiger partial charge in [0, 0.05) is 42.0 Å². The van der Waals surface area contributed by atoms with Gasteiger partial charge in [0.25, 0.3) is 11.8 Å². The van der Waals surface area contributed by atoms with E-state index >= 15 is 0 Å². The topological polar surface area (TPSA) is 75.2 Å². The van der Waals surface area contributed by atoms with Gasteiger partial charge in [0.2, 0.25) is 0 Å². The Kier molecular flexibility index (Phi) is 5.33. The fraction of sp³-hybridized carbons (Fsp3) is 0.333. The number of nitrogens with zero attached hydrogens (tertiary/aromatic N) is 3. The van der Waals surface area contributed by atoms with Crippen LogP contribution in [0.2, 0.25) is 0 Å². The smallest absolute Gasteiger partial charge is 0.275 e. The molecule has 130 valence electrons. The van der Waals surface area contributed by atoms with Gasteiger partial charge >= 0.3 is 0 Å². The predicted octanol–water partition coefficient (Wildman–Crippen LogP) is 2.53. The minimum atomic E-state index is -0.317. The number of aromatic nitrogens is 2. The summed E-state index contributed by atoms with van der Waals surface area (Å²) in [6.45, 7) is 5.26. The minimum absolute atomic E-state index is 0.0469. The Morgan fingerprint density at radius 1 is 1.12 bits per heavy atom. The number of hydrogen-bond acceptors (Lipinski definition) is 5. The van der Waals surface area contributed by atoms with Crippen molar-refractivity contribution in [1.29, 1.82) is 0 Å². The van der Waals surface area contributed by atoms with E-state index in [0.717, 1.165) is 35.9 Å². The monoisotopic (exact) mass is 356 g/mol. The molecule has 6 nitrogen and oxygen atoms in total. The van der Waals surface area contributed by atoms with Crippen LogP contribution in [0.25, 0.3) is 0 Å². The van der Waals surface area contributed by atoms with E-state index in [-0.39, 0.29) is 17.5 Å². The van der Waals surface area contributed by atoms with E-state index in [9.17, 15) is 9.59 Å². The number of rotatable bonds is 3. The zero-order valence-electron chi connectivity index (χ0n) is 14.3. The molecule has 0 radical (unpaired) electrons. The molecule has 7 heteroatoms. The Morgan fingerprint density at radius 2 is 1.88 bits per heavy atom. The van der Waals surface area contributed by atoms with Crippen molar-refractivity contribution in [3.8, 4) is 0 Å². The lowest BCUT2D eigenvalue weighted by Gasteiger charge is -2.26. The van der Waals surface area contributed by atoms with Crippen molar-refractivity contribution in [2.75, 3.05) is 29.9 Å². The summed E-state index contributed by atoms with van der Waals surface area (Å²) in [5.74, 6) is 1.70. The number of anilines is 1. The van der Waals surface area contributed by atoms with Crippen LogP contribution in [-0.4, -0.2) is 51.3 Å². The molecule has 2 heterocycles. The van der Waals surface area contributed by atoms with E-state index < -0.39 is 0 Å². The molecule has 0 bridgehead atoms. The van der Waals surface area contributed by atoms with E-state index in [1.807, 2.05) is 36.6 Å². The average molecular weight is 356 g/mol. The van der Waals surface area contributed by atoms with Crippen LogP contribution >= 0.6 is 11.8 Å². The van der Waals surface area contributed by atoms with Crippen molar-refractivity contribution in [3.05, 3.63) is 53.1 Å². The fourth-order valence-electron chi connectivity index (χ4n) is 2.58. The van der Waals surface area contributed by atoms with Crippen LogP contribution in [-0.2, 0) is 0 Å². The van der Waals surface area contributed by atoms with Crippen LogP contribution < -0.4 is 5.32 Å². The summed E-state index contributed by atoms with van der Waals surface area (Å²) < 4.78 is 0. The second-order valence-corrected chi connectivity index (χ2v) is 7.16. The van der Waals surface area contributed by atoms with Gasteiger partial charge in [0.15, 0.2) is 0 Å². The first kappa shape index (κ1) is 17.4. The highest BCUT2D eigenvalue weighted by Crippen LogP contribution is 2.20. The molecule has 1 aliphatic heterocycles. The van der Waals surface area contributed by atoms with Crippen LogP contribution in [0.4, 0.5) is 5.69 Å². The lowest BCUT2D eigenvalue weighted by atomic mass is 10.1. The lowest BCUT2D eigenvalue weighted by Crippen LogP contribution is -2.37. The molecule has 3 rings (SSSR count). The van der Waals surface area contributed by atoms with E-state index in [0.29, 0.717) is 11.3 Å². The van der Waals surface area contributed by atoms with Crippen LogP contribution in [0.3, 0.4) is 0 Å². The Bertz CT molecular complexity index is 786. The fourth-order valence-corrected chi connectivity index (χ4v) is 3.49. The first-order chi connectivity index (χ1) is 12.0. The molecular weight excluding hydrogens is 336 g/mol. The van der Waals surface area contributed by atoms with E-state index in [1.165, 1.54) is 6.20 Å². The quantitative estimate of drug-likeness (QED) is 0.915. The van der Waals surface area contributed by atoms with Gasteiger partial charge in [-0.25, -0.2) is 4.98 Å². The van der Waals surface area contributed by atoms with Crippen LogP contribution in [0.1, 0.15) is 32.1 Å². The first-order valence-corrected chi connectivity index (χ1v) is 9.28. The predicted molar refractivity (Wildman–Crippen MR) is 99.1 cm³/mol. The summed E-state index contributed by atoms with van der Waals surface area (Å²) in [6, 6.07) is 5.34. The molecule has 25 heavy (non-hydrogen) atoms. The molecule has 0 aliphatic carbocycles. The van der Waals surface area contributed by atoms with Gasteiger partial charge in [-0.05, 0) is 37.6 Å². The molecule has 1 aliphatic rings. The van der Waals surface area contributed by atoms with Gasteiger partial charge in [0.05, 0.1) is 11.9 Å². The molecular formula is C18H20N4O2S. The largest absolute Gasteiger partial charge is 0.337 e. The number of aryl methyl sites for hydroxylation is 2. The van der Waals surface area contributed by atoms with Crippen molar-refractivity contribution in [2.45, 2.75) is 13.8 Å². The normalized spacial score (nSPS) is 14.2. The SMILES string of the molecule is Cc1cnc(C(=O)Nc2ccc(C(=O)N3CCSCC3)cc2C)cn1. The van der Waals surface area contributed by atoms with Crippen LogP contribution in [0.5, 0.6) is 0 Å². The standard InChI is InChI=1S/C18H20N4O2S/c1-12-9-14(18(24)22-5-7-25-8-6-22)3-4-15(12)21-17(23)16-11-19-13(2)10-20-16/h3-4,9-11H,5-8H2,1-2H3,(H,21,23). The molecule has 1 saturated heterocycles. The van der Waals surface area contributed by atoms with Crippen LogP contribution in [0.15, 0.2) is 30.6 Å². The Balaban J connectivity index is 1.72. The lowest BCUT2D eigenvalue weighted by molar-refractivity contribution is 0.0772. The molecule has 1 aromatic carbocycles. The summed E-state index contributed by atoms with van der Waals surface area (Å²) in [4.78, 5) is 34.8. The van der Waals surface area contributed by atoms with Gasteiger partial charge in [-0.15, -0.1) is 0 Å². The highest BCUT2D eigenvalue weighted by Gasteiger charge is 2.19. The molecule has 2 aromatic rings. The summed E-state index contributed by atoms with van der Waals surface area (Å²) in [5.41, 5.74) is 3.17. The second-order valence-electron chi connectivity index (χ2n) is 5.93. The van der Waals surface area contributed by atoms with Crippen LogP contribution in [0, 0.1) is 13.8 Å². The second kappa shape index (κ2) is 7.65. The molecule has 0 unspecified atom stereocenters. The minimum Gasteiger partial charge on any atom is -0.337 e. The van der Waals surface area contributed by atoms with E-state index in [1.54, 1.807) is 18.3 Å². The van der Waals surface area contributed by atoms with Crippen molar-refractivity contribution in [1.82, 2.24) is 14.9 Å². The highest BCUT2D eigenvalue weighted by molar-refractivity contribution is 7.99. The first-order valence-electron chi connectivity index (χ1n) is 8.12. The Hall–Kier alpha value is -2.41. The maximum absolute atomic E-state index is 12.5. The van der Waals surface area contributed by atoms with Gasteiger partial charge in [-0.1, -0.05) is 0 Å². The van der Waals surface area contributed by atoms with Gasteiger partial charge in [-0.2, -0.15) is 11.8 Å². The average Bonchev–Trinajstić information content (AvgIpc) is 2.64. The van der Waals surface area contributed by atoms with Gasteiger partial charge < -0.3 is 10.2 Å². The number of nitrogens with one attached hydrogen (secondary N) is 1. The third-order valence-corrected chi connectivity index (χ3v) is 4.98. The molecule has 2 amide bonds. The maximum atomic E-state index is 12.5. The summed E-state index contributed by atoms with van der Waals surface area (Å²) in [7, 11) is 0. The zero-order chi connectivity index (χ0) is 17.8. The van der Waals surface area contributed by atoms with E-state index in [2.05, 4.69) is 15.3 Å². The zero-order valence-corrected chi connectivity index (χ0v) is 15.1. The third kappa shape index (κ3) is 4.17. The summed E-state index contributed by atoms with van der Waals surface area (Å²) in [6.07, 6.45) is 3.01. The molecule has 1 fully saturated rings. The number of carbonyl (C=O) groups excluding carboxylic acids is 2. The third-order valence-electron chi connectivity index (χ3n) is 4.03. The summed E-state index contributed by atoms with van der Waals surface area (Å²) >= 11 is 1.87.